The molecule has 132 valence electrons. The second-order valence-electron chi connectivity index (χ2n) is 6.52. The first-order valence-electron chi connectivity index (χ1n) is 8.35. The SMILES string of the molecule is Cc1ccc([C@@H](C2CCOCC2)N2CCNCC2)cc1C.Cl.Cl. The van der Waals surface area contributed by atoms with Gasteiger partial charge in [-0.1, -0.05) is 18.2 Å². The predicted molar refractivity (Wildman–Crippen MR) is 101 cm³/mol. The van der Waals surface area contributed by atoms with E-state index in [0.29, 0.717) is 6.04 Å². The monoisotopic (exact) mass is 360 g/mol. The molecule has 2 aliphatic heterocycles. The summed E-state index contributed by atoms with van der Waals surface area (Å²) in [7, 11) is 0. The van der Waals surface area contributed by atoms with E-state index in [9.17, 15) is 0 Å². The highest BCUT2D eigenvalue weighted by Crippen LogP contribution is 2.35. The van der Waals surface area contributed by atoms with Gasteiger partial charge in [-0.15, -0.1) is 24.8 Å². The Hall–Kier alpha value is -0.320. The number of nitrogens with zero attached hydrogens (tertiary/aromatic N) is 1. The van der Waals surface area contributed by atoms with E-state index in [-0.39, 0.29) is 24.8 Å². The first-order chi connectivity index (χ1) is 10.3. The van der Waals surface area contributed by atoms with Crippen LogP contribution in [0.15, 0.2) is 18.2 Å². The van der Waals surface area contributed by atoms with Crippen molar-refractivity contribution in [1.29, 1.82) is 0 Å². The van der Waals surface area contributed by atoms with Gasteiger partial charge in [-0.05, 0) is 49.3 Å². The van der Waals surface area contributed by atoms with E-state index in [2.05, 4.69) is 42.3 Å². The molecule has 2 fully saturated rings. The van der Waals surface area contributed by atoms with Crippen LogP contribution in [-0.2, 0) is 4.74 Å². The molecule has 3 rings (SSSR count). The number of hydrogen-bond acceptors (Lipinski definition) is 3. The highest BCUT2D eigenvalue weighted by atomic mass is 35.5. The first-order valence-corrected chi connectivity index (χ1v) is 8.35. The Morgan fingerprint density at radius 1 is 1.04 bits per heavy atom. The fourth-order valence-electron chi connectivity index (χ4n) is 3.72. The average molecular weight is 361 g/mol. The summed E-state index contributed by atoms with van der Waals surface area (Å²) >= 11 is 0. The van der Waals surface area contributed by atoms with Gasteiger partial charge in [0.1, 0.15) is 0 Å². The van der Waals surface area contributed by atoms with Crippen molar-refractivity contribution in [2.24, 2.45) is 5.92 Å². The van der Waals surface area contributed by atoms with E-state index < -0.39 is 0 Å². The summed E-state index contributed by atoms with van der Waals surface area (Å²) in [6.07, 6.45) is 2.39. The molecule has 0 saturated carbocycles. The number of hydrogen-bond donors (Lipinski definition) is 1. The van der Waals surface area contributed by atoms with Gasteiger partial charge in [0.05, 0.1) is 0 Å². The number of piperazine rings is 1. The molecule has 0 bridgehead atoms. The average Bonchev–Trinajstić information content (AvgIpc) is 2.53. The van der Waals surface area contributed by atoms with E-state index in [0.717, 1.165) is 45.3 Å². The maximum Gasteiger partial charge on any atom is 0.0469 e. The zero-order valence-corrected chi connectivity index (χ0v) is 15.8. The van der Waals surface area contributed by atoms with Crippen molar-refractivity contribution in [2.45, 2.75) is 32.7 Å². The van der Waals surface area contributed by atoms with Crippen LogP contribution in [0, 0.1) is 19.8 Å². The molecule has 1 N–H and O–H groups in total. The van der Waals surface area contributed by atoms with Crippen LogP contribution in [0.1, 0.15) is 35.6 Å². The molecule has 5 heteroatoms. The van der Waals surface area contributed by atoms with Crippen LogP contribution in [0.2, 0.25) is 0 Å². The topological polar surface area (TPSA) is 24.5 Å². The smallest absolute Gasteiger partial charge is 0.0469 e. The normalized spacial score (nSPS) is 21.1. The van der Waals surface area contributed by atoms with E-state index in [4.69, 9.17) is 4.74 Å². The van der Waals surface area contributed by atoms with E-state index in [1.165, 1.54) is 29.5 Å². The molecule has 0 unspecified atom stereocenters. The van der Waals surface area contributed by atoms with Gasteiger partial charge in [0.25, 0.3) is 0 Å². The lowest BCUT2D eigenvalue weighted by molar-refractivity contribution is 0.0213. The van der Waals surface area contributed by atoms with Crippen LogP contribution in [0.25, 0.3) is 0 Å². The predicted octanol–water partition coefficient (Wildman–Crippen LogP) is 3.52. The Labute approximate surface area is 153 Å². The van der Waals surface area contributed by atoms with Gasteiger partial charge < -0.3 is 10.1 Å². The molecule has 2 aliphatic rings. The van der Waals surface area contributed by atoms with Crippen LogP contribution in [0.3, 0.4) is 0 Å². The summed E-state index contributed by atoms with van der Waals surface area (Å²) in [5, 5.41) is 3.48. The first kappa shape index (κ1) is 20.7. The summed E-state index contributed by atoms with van der Waals surface area (Å²) in [5.74, 6) is 0.735. The number of benzene rings is 1. The van der Waals surface area contributed by atoms with Crippen molar-refractivity contribution in [3.05, 3.63) is 34.9 Å². The van der Waals surface area contributed by atoms with Crippen molar-refractivity contribution in [1.82, 2.24) is 10.2 Å². The van der Waals surface area contributed by atoms with Crippen LogP contribution in [-0.4, -0.2) is 44.3 Å². The second kappa shape index (κ2) is 9.85. The molecule has 3 nitrogen and oxygen atoms in total. The third-order valence-corrected chi connectivity index (χ3v) is 5.13. The molecule has 0 amide bonds. The van der Waals surface area contributed by atoms with Gasteiger partial charge in [-0.3, -0.25) is 4.90 Å². The van der Waals surface area contributed by atoms with Gasteiger partial charge in [0.15, 0.2) is 0 Å². The molecule has 1 aromatic rings. The highest BCUT2D eigenvalue weighted by molar-refractivity contribution is 5.85. The zero-order chi connectivity index (χ0) is 14.7. The van der Waals surface area contributed by atoms with Crippen molar-refractivity contribution >= 4 is 24.8 Å². The lowest BCUT2D eigenvalue weighted by Crippen LogP contribution is -2.47. The number of nitrogens with one attached hydrogen (secondary N) is 1. The summed E-state index contributed by atoms with van der Waals surface area (Å²) in [4.78, 5) is 2.69. The molecular weight excluding hydrogens is 331 g/mol. The third kappa shape index (κ3) is 5.07. The molecule has 23 heavy (non-hydrogen) atoms. The van der Waals surface area contributed by atoms with Gasteiger partial charge in [0, 0.05) is 45.4 Å². The molecule has 1 atom stereocenters. The Morgan fingerprint density at radius 2 is 1.70 bits per heavy atom. The maximum atomic E-state index is 5.59. The number of halogens is 2. The molecule has 0 radical (unpaired) electrons. The van der Waals surface area contributed by atoms with Crippen molar-refractivity contribution in [3.8, 4) is 0 Å². The minimum atomic E-state index is 0. The minimum absolute atomic E-state index is 0. The molecule has 0 aliphatic carbocycles. The number of rotatable bonds is 3. The summed E-state index contributed by atoms with van der Waals surface area (Å²) in [6.45, 7) is 10.8. The van der Waals surface area contributed by atoms with Crippen LogP contribution < -0.4 is 5.32 Å². The minimum Gasteiger partial charge on any atom is -0.381 e. The Morgan fingerprint density at radius 3 is 2.30 bits per heavy atom. The highest BCUT2D eigenvalue weighted by Gasteiger charge is 2.31. The zero-order valence-electron chi connectivity index (χ0n) is 14.2. The molecule has 0 aromatic heterocycles. The molecule has 0 spiro atoms. The van der Waals surface area contributed by atoms with E-state index >= 15 is 0 Å². The Balaban J connectivity index is 0.00000132. The lowest BCUT2D eigenvalue weighted by Gasteiger charge is -2.41. The van der Waals surface area contributed by atoms with Gasteiger partial charge in [0.2, 0.25) is 0 Å². The van der Waals surface area contributed by atoms with Crippen LogP contribution >= 0.6 is 24.8 Å². The number of aryl methyl sites for hydroxylation is 2. The standard InChI is InChI=1S/C18H28N2O.2ClH/c1-14-3-4-17(13-15(14)2)18(16-5-11-21-12-6-16)20-9-7-19-8-10-20;;/h3-4,13,16,18-19H,5-12H2,1-2H3;2*1H/t18-;;/m1../s1. The molecule has 2 saturated heterocycles. The van der Waals surface area contributed by atoms with Crippen LogP contribution in [0.5, 0.6) is 0 Å². The molecule has 2 heterocycles. The quantitative estimate of drug-likeness (QED) is 0.892. The van der Waals surface area contributed by atoms with Crippen LogP contribution in [0.4, 0.5) is 0 Å². The third-order valence-electron chi connectivity index (χ3n) is 5.13. The number of ether oxygens (including phenoxy) is 1. The van der Waals surface area contributed by atoms with E-state index in [1.54, 1.807) is 0 Å². The molecule has 1 aromatic carbocycles. The van der Waals surface area contributed by atoms with Gasteiger partial charge in [-0.25, -0.2) is 0 Å². The van der Waals surface area contributed by atoms with E-state index in [1.807, 2.05) is 0 Å². The maximum absolute atomic E-state index is 5.59. The largest absolute Gasteiger partial charge is 0.381 e. The Kier molecular flexibility index (Phi) is 8.88. The fraction of sp³-hybridized carbons (Fsp3) is 0.667. The second-order valence-corrected chi connectivity index (χ2v) is 6.52. The van der Waals surface area contributed by atoms with Crippen molar-refractivity contribution < 1.29 is 4.74 Å². The van der Waals surface area contributed by atoms with Crippen molar-refractivity contribution in [3.63, 3.8) is 0 Å². The van der Waals surface area contributed by atoms with Gasteiger partial charge in [-0.2, -0.15) is 0 Å². The summed E-state index contributed by atoms with van der Waals surface area (Å²) < 4.78 is 5.59. The Bertz CT molecular complexity index is 454. The van der Waals surface area contributed by atoms with Crippen molar-refractivity contribution in [2.75, 3.05) is 39.4 Å². The molecular formula is C18H30Cl2N2O. The lowest BCUT2D eigenvalue weighted by atomic mass is 9.84. The summed E-state index contributed by atoms with van der Waals surface area (Å²) in [6, 6.07) is 7.62. The van der Waals surface area contributed by atoms with Gasteiger partial charge >= 0.3 is 0 Å². The fourth-order valence-corrected chi connectivity index (χ4v) is 3.72. The summed E-state index contributed by atoms with van der Waals surface area (Å²) in [5.41, 5.74) is 4.32.